The number of hydrogen-bond donors (Lipinski definition) is 0. The summed E-state index contributed by atoms with van der Waals surface area (Å²) in [5, 5.41) is 0. The van der Waals surface area contributed by atoms with Crippen molar-refractivity contribution in [1.82, 2.24) is 4.90 Å². The molecular weight excluding hydrogens is 306 g/mol. The second-order valence-corrected chi connectivity index (χ2v) is 6.87. The molecule has 0 aromatic heterocycles. The molecule has 126 valence electrons. The van der Waals surface area contributed by atoms with Gasteiger partial charge in [0, 0.05) is 38.4 Å². The fourth-order valence-corrected chi connectivity index (χ4v) is 3.45. The summed E-state index contributed by atoms with van der Waals surface area (Å²) in [5.41, 5.74) is 3.00. The Morgan fingerprint density at radius 2 is 1.58 bits per heavy atom. The minimum absolute atomic E-state index is 0.0521. The largest absolute Gasteiger partial charge is 0.369 e. The Labute approximate surface area is 141 Å². The fourth-order valence-electron chi connectivity index (χ4n) is 3.45. The van der Waals surface area contributed by atoms with Gasteiger partial charge < -0.3 is 4.90 Å². The highest BCUT2D eigenvalue weighted by atomic mass is 19.1. The first-order valence-corrected chi connectivity index (χ1v) is 8.70. The molecule has 0 unspecified atom stereocenters. The number of nitrogens with zero attached hydrogens (tertiary/aromatic N) is 2. The molecule has 24 heavy (non-hydrogen) atoms. The van der Waals surface area contributed by atoms with Crippen molar-refractivity contribution in [2.75, 3.05) is 31.1 Å². The van der Waals surface area contributed by atoms with Crippen molar-refractivity contribution < 1.29 is 8.78 Å². The molecule has 2 nitrogen and oxygen atoms in total. The minimum atomic E-state index is -0.194. The van der Waals surface area contributed by atoms with Gasteiger partial charge in [0.1, 0.15) is 11.6 Å². The van der Waals surface area contributed by atoms with Gasteiger partial charge in [0.15, 0.2) is 0 Å². The summed E-state index contributed by atoms with van der Waals surface area (Å²) < 4.78 is 27.2. The molecule has 4 rings (SSSR count). The third-order valence-corrected chi connectivity index (χ3v) is 5.06. The van der Waals surface area contributed by atoms with E-state index in [2.05, 4.69) is 15.9 Å². The van der Waals surface area contributed by atoms with E-state index in [4.69, 9.17) is 0 Å². The molecule has 1 aliphatic carbocycles. The van der Waals surface area contributed by atoms with Gasteiger partial charge in [-0.05, 0) is 54.2 Å². The molecule has 0 amide bonds. The maximum atomic E-state index is 14.2. The quantitative estimate of drug-likeness (QED) is 0.831. The summed E-state index contributed by atoms with van der Waals surface area (Å²) in [6.45, 7) is 4.49. The van der Waals surface area contributed by atoms with Crippen LogP contribution in [0, 0.1) is 11.6 Å². The lowest BCUT2D eigenvalue weighted by Gasteiger charge is -2.36. The molecule has 1 saturated heterocycles. The monoisotopic (exact) mass is 328 g/mol. The van der Waals surface area contributed by atoms with Crippen LogP contribution >= 0.6 is 0 Å². The van der Waals surface area contributed by atoms with Crippen LogP contribution in [0.15, 0.2) is 42.5 Å². The molecule has 0 spiro atoms. The van der Waals surface area contributed by atoms with Crippen molar-refractivity contribution in [3.8, 4) is 0 Å². The molecule has 2 aliphatic rings. The third kappa shape index (κ3) is 3.44. The molecule has 2 aromatic carbocycles. The van der Waals surface area contributed by atoms with Crippen molar-refractivity contribution in [3.63, 3.8) is 0 Å². The molecule has 0 atom stereocenters. The van der Waals surface area contributed by atoms with E-state index in [0.29, 0.717) is 5.92 Å². The topological polar surface area (TPSA) is 6.48 Å². The van der Waals surface area contributed by atoms with Crippen molar-refractivity contribution >= 4 is 5.69 Å². The number of hydrogen-bond acceptors (Lipinski definition) is 2. The lowest BCUT2D eigenvalue weighted by Crippen LogP contribution is -2.46. The number of piperazine rings is 1. The highest BCUT2D eigenvalue weighted by Crippen LogP contribution is 2.41. The van der Waals surface area contributed by atoms with Crippen LogP contribution in [-0.4, -0.2) is 31.1 Å². The van der Waals surface area contributed by atoms with Crippen molar-refractivity contribution in [1.29, 1.82) is 0 Å². The highest BCUT2D eigenvalue weighted by molar-refractivity contribution is 5.49. The van der Waals surface area contributed by atoms with Gasteiger partial charge in [0.2, 0.25) is 0 Å². The zero-order valence-electron chi connectivity index (χ0n) is 13.7. The maximum absolute atomic E-state index is 14.2. The van der Waals surface area contributed by atoms with E-state index < -0.39 is 0 Å². The molecule has 2 aromatic rings. The number of anilines is 1. The first-order valence-electron chi connectivity index (χ1n) is 8.70. The lowest BCUT2D eigenvalue weighted by molar-refractivity contribution is 0.249. The Bertz CT molecular complexity index is 702. The molecular formula is C20H22F2N2. The molecule has 1 saturated carbocycles. The second-order valence-electron chi connectivity index (χ2n) is 6.87. The molecule has 1 aliphatic heterocycles. The van der Waals surface area contributed by atoms with Crippen LogP contribution in [0.4, 0.5) is 14.5 Å². The Morgan fingerprint density at radius 1 is 0.875 bits per heavy atom. The standard InChI is InChI=1S/C20H22F2N2/c21-17-5-1-15(2-6-17)14-23-9-11-24(12-10-23)18-7-8-19(16-3-4-16)20(22)13-18/h1-2,5-8,13,16H,3-4,9-12,14H2. The van der Waals surface area contributed by atoms with Crippen LogP contribution in [0.2, 0.25) is 0 Å². The van der Waals surface area contributed by atoms with Crippen LogP contribution in [0.3, 0.4) is 0 Å². The molecule has 0 N–H and O–H groups in total. The average Bonchev–Trinajstić information content (AvgIpc) is 3.42. The van der Waals surface area contributed by atoms with Gasteiger partial charge in [-0.1, -0.05) is 18.2 Å². The highest BCUT2D eigenvalue weighted by Gasteiger charge is 2.27. The van der Waals surface area contributed by atoms with Gasteiger partial charge >= 0.3 is 0 Å². The Hall–Kier alpha value is -1.94. The van der Waals surface area contributed by atoms with E-state index in [1.165, 1.54) is 12.1 Å². The van der Waals surface area contributed by atoms with Gasteiger partial charge in [-0.3, -0.25) is 4.90 Å². The van der Waals surface area contributed by atoms with Crippen molar-refractivity contribution in [2.45, 2.75) is 25.3 Å². The Morgan fingerprint density at radius 3 is 2.21 bits per heavy atom. The third-order valence-electron chi connectivity index (χ3n) is 5.06. The van der Waals surface area contributed by atoms with Crippen LogP contribution in [-0.2, 0) is 6.54 Å². The van der Waals surface area contributed by atoms with Gasteiger partial charge in [-0.25, -0.2) is 8.78 Å². The molecule has 2 fully saturated rings. The molecule has 0 radical (unpaired) electrons. The second kappa shape index (κ2) is 6.52. The normalized spacial score (nSPS) is 18.8. The smallest absolute Gasteiger partial charge is 0.128 e. The zero-order chi connectivity index (χ0) is 16.5. The van der Waals surface area contributed by atoms with Gasteiger partial charge in [0.05, 0.1) is 0 Å². The first kappa shape index (κ1) is 15.6. The summed E-state index contributed by atoms with van der Waals surface area (Å²) in [5.74, 6) is 0.204. The van der Waals surface area contributed by atoms with Crippen LogP contribution < -0.4 is 4.90 Å². The summed E-state index contributed by atoms with van der Waals surface area (Å²) in [4.78, 5) is 4.61. The Balaban J connectivity index is 1.35. The van der Waals surface area contributed by atoms with E-state index in [9.17, 15) is 8.78 Å². The van der Waals surface area contributed by atoms with Crippen LogP contribution in [0.25, 0.3) is 0 Å². The van der Waals surface area contributed by atoms with Crippen molar-refractivity contribution in [3.05, 3.63) is 65.2 Å². The van der Waals surface area contributed by atoms with E-state index >= 15 is 0 Å². The lowest BCUT2D eigenvalue weighted by atomic mass is 10.1. The number of rotatable bonds is 4. The predicted molar refractivity (Wildman–Crippen MR) is 92.3 cm³/mol. The summed E-state index contributed by atoms with van der Waals surface area (Å²) in [6, 6.07) is 12.4. The van der Waals surface area contributed by atoms with Crippen LogP contribution in [0.1, 0.15) is 29.9 Å². The summed E-state index contributed by atoms with van der Waals surface area (Å²) in [7, 11) is 0. The number of benzene rings is 2. The molecule has 1 heterocycles. The van der Waals surface area contributed by atoms with E-state index in [1.54, 1.807) is 6.07 Å². The number of halogens is 2. The van der Waals surface area contributed by atoms with E-state index in [0.717, 1.165) is 62.4 Å². The summed E-state index contributed by atoms with van der Waals surface area (Å²) in [6.07, 6.45) is 2.25. The summed E-state index contributed by atoms with van der Waals surface area (Å²) >= 11 is 0. The van der Waals surface area contributed by atoms with Crippen molar-refractivity contribution in [2.24, 2.45) is 0 Å². The average molecular weight is 328 g/mol. The zero-order valence-corrected chi connectivity index (χ0v) is 13.7. The fraction of sp³-hybridized carbons (Fsp3) is 0.400. The molecule has 4 heteroatoms. The van der Waals surface area contributed by atoms with Crippen LogP contribution in [0.5, 0.6) is 0 Å². The first-order chi connectivity index (χ1) is 11.7. The SMILES string of the molecule is Fc1ccc(CN2CCN(c3ccc(C4CC4)c(F)c3)CC2)cc1. The molecule has 0 bridgehead atoms. The Kier molecular flexibility index (Phi) is 4.23. The predicted octanol–water partition coefficient (Wildman–Crippen LogP) is 4.16. The van der Waals surface area contributed by atoms with E-state index in [1.807, 2.05) is 18.2 Å². The van der Waals surface area contributed by atoms with Gasteiger partial charge in [0.25, 0.3) is 0 Å². The van der Waals surface area contributed by atoms with Gasteiger partial charge in [-0.15, -0.1) is 0 Å². The minimum Gasteiger partial charge on any atom is -0.369 e. The maximum Gasteiger partial charge on any atom is 0.128 e. The van der Waals surface area contributed by atoms with Gasteiger partial charge in [-0.2, -0.15) is 0 Å². The van der Waals surface area contributed by atoms with E-state index in [-0.39, 0.29) is 11.6 Å².